The number of aryl methyl sites for hydroxylation is 1. The number of hydrogen-bond acceptors (Lipinski definition) is 2. The number of benzene rings is 1. The second-order valence-corrected chi connectivity index (χ2v) is 7.24. The summed E-state index contributed by atoms with van der Waals surface area (Å²) in [6.45, 7) is 3.95. The van der Waals surface area contributed by atoms with Gasteiger partial charge in [-0.15, -0.1) is 11.6 Å². The van der Waals surface area contributed by atoms with Crippen molar-refractivity contribution in [2.45, 2.75) is 19.2 Å². The molecule has 0 aliphatic heterocycles. The molecule has 3 rings (SSSR count). The number of halogens is 3. The third-order valence-electron chi connectivity index (χ3n) is 3.28. The summed E-state index contributed by atoms with van der Waals surface area (Å²) >= 11 is 13.4. The van der Waals surface area contributed by atoms with Gasteiger partial charge in [0.1, 0.15) is 11.3 Å². The SMILES string of the molecule is Cc1ccnc2c1nc(C(C)Cl)n2-c1ccc(Br)cc1Br. The van der Waals surface area contributed by atoms with Gasteiger partial charge in [-0.3, -0.25) is 4.57 Å². The Morgan fingerprint density at radius 2 is 2.00 bits per heavy atom. The monoisotopic (exact) mass is 427 g/mol. The van der Waals surface area contributed by atoms with E-state index in [2.05, 4.69) is 41.8 Å². The van der Waals surface area contributed by atoms with Gasteiger partial charge in [-0.1, -0.05) is 15.9 Å². The van der Waals surface area contributed by atoms with Crippen molar-refractivity contribution in [2.24, 2.45) is 0 Å². The van der Waals surface area contributed by atoms with E-state index in [9.17, 15) is 0 Å². The van der Waals surface area contributed by atoms with Gasteiger partial charge in [-0.2, -0.15) is 0 Å². The Morgan fingerprint density at radius 1 is 1.24 bits per heavy atom. The highest BCUT2D eigenvalue weighted by atomic mass is 79.9. The molecule has 0 aliphatic carbocycles. The maximum atomic E-state index is 6.33. The van der Waals surface area contributed by atoms with Crippen molar-refractivity contribution in [3.05, 3.63) is 50.8 Å². The van der Waals surface area contributed by atoms with E-state index in [1.54, 1.807) is 6.20 Å². The normalized spacial score (nSPS) is 12.8. The maximum absolute atomic E-state index is 6.33. The van der Waals surface area contributed by atoms with Gasteiger partial charge in [0.2, 0.25) is 0 Å². The highest BCUT2D eigenvalue weighted by Gasteiger charge is 2.19. The molecule has 6 heteroatoms. The van der Waals surface area contributed by atoms with Crippen molar-refractivity contribution in [1.29, 1.82) is 0 Å². The van der Waals surface area contributed by atoms with Crippen LogP contribution in [0.2, 0.25) is 0 Å². The first-order valence-corrected chi connectivity index (χ1v) is 8.44. The van der Waals surface area contributed by atoms with Crippen LogP contribution in [0.1, 0.15) is 23.7 Å². The second kappa shape index (κ2) is 5.71. The molecule has 0 N–H and O–H groups in total. The van der Waals surface area contributed by atoms with Crippen molar-refractivity contribution in [3.63, 3.8) is 0 Å². The highest BCUT2D eigenvalue weighted by molar-refractivity contribution is 9.11. The van der Waals surface area contributed by atoms with Crippen molar-refractivity contribution in [3.8, 4) is 5.69 Å². The summed E-state index contributed by atoms with van der Waals surface area (Å²) in [5, 5.41) is -0.214. The average molecular weight is 430 g/mol. The number of alkyl halides is 1. The number of fused-ring (bicyclic) bond motifs is 1. The van der Waals surface area contributed by atoms with E-state index in [0.717, 1.165) is 37.2 Å². The van der Waals surface area contributed by atoms with Crippen molar-refractivity contribution < 1.29 is 0 Å². The predicted octanol–water partition coefficient (Wildman–Crippen LogP) is 5.55. The molecule has 0 spiro atoms. The van der Waals surface area contributed by atoms with Gasteiger partial charge >= 0.3 is 0 Å². The summed E-state index contributed by atoms with van der Waals surface area (Å²) in [4.78, 5) is 9.18. The molecule has 1 atom stereocenters. The van der Waals surface area contributed by atoms with Gasteiger partial charge in [-0.05, 0) is 59.6 Å². The lowest BCUT2D eigenvalue weighted by atomic mass is 10.2. The first-order chi connectivity index (χ1) is 9.99. The van der Waals surface area contributed by atoms with E-state index in [0.29, 0.717) is 0 Å². The minimum Gasteiger partial charge on any atom is -0.278 e. The largest absolute Gasteiger partial charge is 0.278 e. The molecule has 21 heavy (non-hydrogen) atoms. The lowest BCUT2D eigenvalue weighted by molar-refractivity contribution is 0.874. The number of imidazole rings is 1. The third-order valence-corrected chi connectivity index (χ3v) is 4.60. The lowest BCUT2D eigenvalue weighted by Gasteiger charge is -2.12. The van der Waals surface area contributed by atoms with Crippen LogP contribution in [0.25, 0.3) is 16.9 Å². The van der Waals surface area contributed by atoms with Gasteiger partial charge in [0, 0.05) is 15.1 Å². The van der Waals surface area contributed by atoms with Gasteiger partial charge in [0.25, 0.3) is 0 Å². The molecule has 0 radical (unpaired) electrons. The standard InChI is InChI=1S/C15H12Br2ClN3/c1-8-5-6-19-15-13(8)20-14(9(2)18)21(15)12-4-3-10(16)7-11(12)17/h3-7,9H,1-2H3. The quantitative estimate of drug-likeness (QED) is 0.500. The van der Waals surface area contributed by atoms with Crippen molar-refractivity contribution in [2.75, 3.05) is 0 Å². The van der Waals surface area contributed by atoms with E-state index < -0.39 is 0 Å². The summed E-state index contributed by atoms with van der Waals surface area (Å²) in [6, 6.07) is 7.96. The maximum Gasteiger partial charge on any atom is 0.165 e. The topological polar surface area (TPSA) is 30.7 Å². The molecule has 0 fully saturated rings. The molecular formula is C15H12Br2ClN3. The number of pyridine rings is 1. The fourth-order valence-electron chi connectivity index (χ4n) is 2.28. The minimum atomic E-state index is -0.214. The molecule has 2 heterocycles. The smallest absolute Gasteiger partial charge is 0.165 e. The van der Waals surface area contributed by atoms with Gasteiger partial charge in [0.15, 0.2) is 5.65 Å². The van der Waals surface area contributed by atoms with Crippen LogP contribution in [0.15, 0.2) is 39.4 Å². The number of hydrogen-bond donors (Lipinski definition) is 0. The Morgan fingerprint density at radius 3 is 2.67 bits per heavy atom. The average Bonchev–Trinajstić information content (AvgIpc) is 2.80. The fraction of sp³-hybridized carbons (Fsp3) is 0.200. The van der Waals surface area contributed by atoms with Crippen LogP contribution >= 0.6 is 43.5 Å². The van der Waals surface area contributed by atoms with E-state index in [1.165, 1.54) is 0 Å². The minimum absolute atomic E-state index is 0.214. The van der Waals surface area contributed by atoms with Gasteiger partial charge in [-0.25, -0.2) is 9.97 Å². The Labute approximate surface area is 144 Å². The second-order valence-electron chi connectivity index (χ2n) is 4.82. The molecule has 0 saturated heterocycles. The zero-order valence-electron chi connectivity index (χ0n) is 11.4. The van der Waals surface area contributed by atoms with E-state index in [1.807, 2.05) is 42.7 Å². The van der Waals surface area contributed by atoms with E-state index >= 15 is 0 Å². The first kappa shape index (κ1) is 15.0. The van der Waals surface area contributed by atoms with E-state index in [-0.39, 0.29) is 5.38 Å². The van der Waals surface area contributed by atoms with Crippen LogP contribution in [-0.2, 0) is 0 Å². The summed E-state index contributed by atoms with van der Waals surface area (Å²) in [5.74, 6) is 0.788. The Bertz CT molecular complexity index is 827. The molecule has 1 aromatic carbocycles. The molecule has 0 amide bonds. The van der Waals surface area contributed by atoms with Crippen molar-refractivity contribution in [1.82, 2.24) is 14.5 Å². The molecule has 3 aromatic rings. The Hall–Kier alpha value is -0.910. The van der Waals surface area contributed by atoms with Crippen LogP contribution in [0.3, 0.4) is 0 Å². The van der Waals surface area contributed by atoms with Gasteiger partial charge < -0.3 is 0 Å². The van der Waals surface area contributed by atoms with E-state index in [4.69, 9.17) is 11.6 Å². The zero-order valence-corrected chi connectivity index (χ0v) is 15.4. The Balaban J connectivity index is 2.39. The summed E-state index contributed by atoms with van der Waals surface area (Å²) in [5.41, 5.74) is 3.77. The van der Waals surface area contributed by atoms with Crippen LogP contribution in [0.4, 0.5) is 0 Å². The van der Waals surface area contributed by atoms with Crippen LogP contribution < -0.4 is 0 Å². The highest BCUT2D eigenvalue weighted by Crippen LogP contribution is 2.32. The summed E-state index contributed by atoms with van der Waals surface area (Å²) in [6.07, 6.45) is 1.80. The zero-order chi connectivity index (χ0) is 15.1. The Kier molecular flexibility index (Phi) is 4.08. The molecule has 0 aliphatic rings. The molecule has 108 valence electrons. The third kappa shape index (κ3) is 2.62. The van der Waals surface area contributed by atoms with Crippen LogP contribution in [0.5, 0.6) is 0 Å². The molecule has 0 bridgehead atoms. The van der Waals surface area contributed by atoms with Crippen LogP contribution in [0, 0.1) is 6.92 Å². The van der Waals surface area contributed by atoms with Gasteiger partial charge in [0.05, 0.1) is 11.1 Å². The number of rotatable bonds is 2. The lowest BCUT2D eigenvalue weighted by Crippen LogP contribution is -2.03. The molecule has 2 aromatic heterocycles. The fourth-order valence-corrected chi connectivity index (χ4v) is 3.65. The molecule has 3 nitrogen and oxygen atoms in total. The number of nitrogens with zero attached hydrogens (tertiary/aromatic N) is 3. The molecular weight excluding hydrogens is 417 g/mol. The predicted molar refractivity (Wildman–Crippen MR) is 93.3 cm³/mol. The number of aromatic nitrogens is 3. The first-order valence-electron chi connectivity index (χ1n) is 6.42. The molecule has 0 saturated carbocycles. The van der Waals surface area contributed by atoms with Crippen LogP contribution in [-0.4, -0.2) is 14.5 Å². The van der Waals surface area contributed by atoms with Crippen molar-refractivity contribution >= 4 is 54.6 Å². The molecule has 1 unspecified atom stereocenters. The summed E-state index contributed by atoms with van der Waals surface area (Å²) < 4.78 is 3.97. The summed E-state index contributed by atoms with van der Waals surface area (Å²) in [7, 11) is 0.